The van der Waals surface area contributed by atoms with E-state index in [9.17, 15) is 20.2 Å². The van der Waals surface area contributed by atoms with Crippen molar-refractivity contribution in [3.8, 4) is 0 Å². The van der Waals surface area contributed by atoms with Crippen LogP contribution in [0, 0.1) is 20.2 Å². The molecular weight excluding hydrogens is 360 g/mol. The molecule has 0 amide bonds. The molecule has 0 saturated heterocycles. The van der Waals surface area contributed by atoms with E-state index in [0.717, 1.165) is 24.0 Å². The van der Waals surface area contributed by atoms with E-state index in [0.29, 0.717) is 25.2 Å². The quantitative estimate of drug-likeness (QED) is 0.530. The normalized spacial score (nSPS) is 19.3. The summed E-state index contributed by atoms with van der Waals surface area (Å²) in [6, 6.07) is 13.9. The molecule has 1 saturated carbocycles. The van der Waals surface area contributed by atoms with E-state index in [1.807, 2.05) is 0 Å². The molecule has 2 atom stereocenters. The van der Waals surface area contributed by atoms with Gasteiger partial charge in [0, 0.05) is 49.4 Å². The van der Waals surface area contributed by atoms with Crippen molar-refractivity contribution in [2.45, 2.75) is 50.9 Å². The number of nitro benzene ring substituents is 2. The number of nitrogens with zero attached hydrogens (tertiary/aromatic N) is 2. The molecule has 1 aliphatic rings. The number of nitro groups is 2. The second-order valence-electron chi connectivity index (χ2n) is 7.11. The summed E-state index contributed by atoms with van der Waals surface area (Å²) in [5, 5.41) is 28.6. The Bertz CT molecular complexity index is 738. The van der Waals surface area contributed by atoms with Crippen LogP contribution in [0.4, 0.5) is 11.4 Å². The van der Waals surface area contributed by atoms with Crippen LogP contribution in [-0.2, 0) is 13.1 Å². The summed E-state index contributed by atoms with van der Waals surface area (Å²) < 4.78 is 0. The molecule has 2 aromatic carbocycles. The first-order valence-electron chi connectivity index (χ1n) is 9.46. The smallest absolute Gasteiger partial charge is 0.269 e. The largest absolute Gasteiger partial charge is 0.308 e. The van der Waals surface area contributed by atoms with Crippen molar-refractivity contribution in [1.29, 1.82) is 0 Å². The van der Waals surface area contributed by atoms with Crippen LogP contribution in [0.2, 0.25) is 0 Å². The van der Waals surface area contributed by atoms with Crippen molar-refractivity contribution in [1.82, 2.24) is 10.6 Å². The molecule has 8 nitrogen and oxygen atoms in total. The highest BCUT2D eigenvalue weighted by atomic mass is 16.6. The van der Waals surface area contributed by atoms with Crippen LogP contribution in [-0.4, -0.2) is 21.9 Å². The van der Waals surface area contributed by atoms with Crippen molar-refractivity contribution in [3.05, 3.63) is 79.9 Å². The molecule has 0 unspecified atom stereocenters. The van der Waals surface area contributed by atoms with Crippen LogP contribution in [0.5, 0.6) is 0 Å². The van der Waals surface area contributed by atoms with Crippen LogP contribution in [0.15, 0.2) is 48.5 Å². The predicted molar refractivity (Wildman–Crippen MR) is 106 cm³/mol. The third-order valence-corrected chi connectivity index (χ3v) is 5.20. The van der Waals surface area contributed by atoms with Crippen LogP contribution in [0.25, 0.3) is 0 Å². The number of nitrogens with one attached hydrogen (secondary N) is 2. The highest BCUT2D eigenvalue weighted by Gasteiger charge is 2.24. The average Bonchev–Trinajstić information content (AvgIpc) is 2.72. The van der Waals surface area contributed by atoms with Gasteiger partial charge in [0.1, 0.15) is 0 Å². The fourth-order valence-electron chi connectivity index (χ4n) is 3.59. The van der Waals surface area contributed by atoms with Crippen LogP contribution in [0.1, 0.15) is 36.8 Å². The van der Waals surface area contributed by atoms with E-state index in [4.69, 9.17) is 0 Å². The molecule has 148 valence electrons. The molecule has 0 aromatic heterocycles. The molecule has 28 heavy (non-hydrogen) atoms. The lowest BCUT2D eigenvalue weighted by molar-refractivity contribution is -0.385. The molecule has 0 heterocycles. The van der Waals surface area contributed by atoms with E-state index in [2.05, 4.69) is 10.6 Å². The van der Waals surface area contributed by atoms with Gasteiger partial charge < -0.3 is 10.6 Å². The van der Waals surface area contributed by atoms with Gasteiger partial charge in [0.15, 0.2) is 0 Å². The zero-order valence-electron chi connectivity index (χ0n) is 15.5. The lowest BCUT2D eigenvalue weighted by Crippen LogP contribution is -2.49. The SMILES string of the molecule is O=[N+]([O-])c1ccc(CN[C@@H]2CCCC[C@H]2NCc2ccc([N+](=O)[O-])cc2)cc1. The van der Waals surface area contributed by atoms with Crippen molar-refractivity contribution in [3.63, 3.8) is 0 Å². The molecule has 1 fully saturated rings. The van der Waals surface area contributed by atoms with Gasteiger partial charge in [-0.05, 0) is 24.0 Å². The van der Waals surface area contributed by atoms with Crippen molar-refractivity contribution in [2.75, 3.05) is 0 Å². The Kier molecular flexibility index (Phi) is 6.67. The fourth-order valence-corrected chi connectivity index (χ4v) is 3.59. The first kappa shape index (κ1) is 19.9. The average molecular weight is 384 g/mol. The molecule has 0 spiro atoms. The molecule has 1 aliphatic carbocycles. The summed E-state index contributed by atoms with van der Waals surface area (Å²) in [5.41, 5.74) is 2.24. The number of hydrogen-bond donors (Lipinski definition) is 2. The van der Waals surface area contributed by atoms with Crippen molar-refractivity contribution in [2.24, 2.45) is 0 Å². The highest BCUT2D eigenvalue weighted by molar-refractivity contribution is 5.33. The Morgan fingerprint density at radius 2 is 1.07 bits per heavy atom. The van der Waals surface area contributed by atoms with E-state index in [1.54, 1.807) is 24.3 Å². The number of rotatable bonds is 8. The Morgan fingerprint density at radius 3 is 1.39 bits per heavy atom. The summed E-state index contributed by atoms with van der Waals surface area (Å²) in [6.07, 6.45) is 4.50. The molecule has 2 aromatic rings. The highest BCUT2D eigenvalue weighted by Crippen LogP contribution is 2.20. The van der Waals surface area contributed by atoms with E-state index >= 15 is 0 Å². The first-order valence-corrected chi connectivity index (χ1v) is 9.46. The molecule has 8 heteroatoms. The van der Waals surface area contributed by atoms with Gasteiger partial charge in [0.2, 0.25) is 0 Å². The minimum atomic E-state index is -0.392. The molecule has 0 bridgehead atoms. The Morgan fingerprint density at radius 1 is 0.714 bits per heavy atom. The van der Waals surface area contributed by atoms with Crippen molar-refractivity contribution >= 4 is 11.4 Å². The maximum absolute atomic E-state index is 10.7. The second kappa shape index (κ2) is 9.38. The molecule has 2 N–H and O–H groups in total. The summed E-state index contributed by atoms with van der Waals surface area (Å²) in [7, 11) is 0. The summed E-state index contributed by atoms with van der Waals surface area (Å²) in [5.74, 6) is 0. The van der Waals surface area contributed by atoms with Crippen molar-refractivity contribution < 1.29 is 9.85 Å². The summed E-state index contributed by atoms with van der Waals surface area (Å²) in [6.45, 7) is 1.33. The number of benzene rings is 2. The molecular formula is C20H24N4O4. The molecule has 3 rings (SSSR count). The van der Waals surface area contributed by atoms with E-state index in [1.165, 1.54) is 37.1 Å². The van der Waals surface area contributed by atoms with E-state index < -0.39 is 9.85 Å². The second-order valence-corrected chi connectivity index (χ2v) is 7.11. The maximum Gasteiger partial charge on any atom is 0.269 e. The monoisotopic (exact) mass is 384 g/mol. The van der Waals surface area contributed by atoms with E-state index in [-0.39, 0.29) is 11.4 Å². The zero-order chi connectivity index (χ0) is 19.9. The molecule has 0 radical (unpaired) electrons. The van der Waals surface area contributed by atoms with Gasteiger partial charge in [-0.25, -0.2) is 0 Å². The van der Waals surface area contributed by atoms with Crippen LogP contribution >= 0.6 is 0 Å². The standard InChI is InChI=1S/C20H24N4O4/c25-23(26)17-9-5-15(6-10-17)13-21-19-3-1-2-4-20(19)22-14-16-7-11-18(12-8-16)24(27)28/h5-12,19-22H,1-4,13-14H2/t19-,20-/m1/s1. The Labute approximate surface area is 163 Å². The minimum absolute atomic E-state index is 0.101. The Hall–Kier alpha value is -2.84. The summed E-state index contributed by atoms with van der Waals surface area (Å²) >= 11 is 0. The lowest BCUT2D eigenvalue weighted by atomic mass is 9.90. The maximum atomic E-state index is 10.7. The summed E-state index contributed by atoms with van der Waals surface area (Å²) in [4.78, 5) is 20.7. The topological polar surface area (TPSA) is 110 Å². The van der Waals surface area contributed by atoms with Gasteiger partial charge in [-0.2, -0.15) is 0 Å². The van der Waals surface area contributed by atoms with Crippen LogP contribution < -0.4 is 10.6 Å². The minimum Gasteiger partial charge on any atom is -0.308 e. The third-order valence-electron chi connectivity index (χ3n) is 5.20. The van der Waals surface area contributed by atoms with Gasteiger partial charge in [-0.15, -0.1) is 0 Å². The Balaban J connectivity index is 1.53. The van der Waals surface area contributed by atoms with Gasteiger partial charge >= 0.3 is 0 Å². The van der Waals surface area contributed by atoms with Gasteiger partial charge in [-0.1, -0.05) is 37.1 Å². The predicted octanol–water partition coefficient (Wildman–Crippen LogP) is 3.69. The van der Waals surface area contributed by atoms with Gasteiger partial charge in [0.05, 0.1) is 9.85 Å². The first-order chi connectivity index (χ1) is 13.5. The van der Waals surface area contributed by atoms with Gasteiger partial charge in [-0.3, -0.25) is 20.2 Å². The lowest BCUT2D eigenvalue weighted by Gasteiger charge is -2.33. The zero-order valence-corrected chi connectivity index (χ0v) is 15.5. The van der Waals surface area contributed by atoms with Gasteiger partial charge in [0.25, 0.3) is 11.4 Å². The third kappa shape index (κ3) is 5.34. The fraction of sp³-hybridized carbons (Fsp3) is 0.400. The number of non-ortho nitro benzene ring substituents is 2. The molecule has 0 aliphatic heterocycles. The van der Waals surface area contributed by atoms with Crippen LogP contribution in [0.3, 0.4) is 0 Å². The number of hydrogen-bond acceptors (Lipinski definition) is 6.